The second kappa shape index (κ2) is 4.35. The highest BCUT2D eigenvalue weighted by Crippen LogP contribution is 2.22. The van der Waals surface area contributed by atoms with Crippen LogP contribution in [0.1, 0.15) is 25.1 Å². The number of nitrogens with zero attached hydrogens (tertiary/aromatic N) is 3. The fraction of sp³-hybridized carbons (Fsp3) is 0.500. The molecule has 0 saturated heterocycles. The number of carbonyl (C=O) groups excluding carboxylic acids is 1. The van der Waals surface area contributed by atoms with Crippen LogP contribution in [0.4, 0.5) is 5.13 Å². The van der Waals surface area contributed by atoms with Gasteiger partial charge in [0.2, 0.25) is 0 Å². The summed E-state index contributed by atoms with van der Waals surface area (Å²) in [6, 6.07) is 0. The Bertz CT molecular complexity index is 386. The number of aldehydes is 1. The summed E-state index contributed by atoms with van der Waals surface area (Å²) in [4.78, 5) is 19.7. The van der Waals surface area contributed by atoms with Crippen molar-refractivity contribution in [2.75, 3.05) is 5.73 Å². The Balaban J connectivity index is 2.05. The van der Waals surface area contributed by atoms with Gasteiger partial charge in [0.05, 0.1) is 0 Å². The molecule has 15 heavy (non-hydrogen) atoms. The summed E-state index contributed by atoms with van der Waals surface area (Å²) in [5.74, 6) is 0.229. The number of oxime groups is 1. The van der Waals surface area contributed by atoms with Gasteiger partial charge in [-0.15, -0.1) is 0 Å². The molecule has 0 aliphatic heterocycles. The van der Waals surface area contributed by atoms with Gasteiger partial charge in [-0.1, -0.05) is 5.16 Å². The molecule has 6 nitrogen and oxygen atoms in total. The first-order valence-corrected chi connectivity index (χ1v) is 5.35. The molecule has 0 aromatic carbocycles. The quantitative estimate of drug-likeness (QED) is 0.461. The first-order chi connectivity index (χ1) is 7.29. The van der Waals surface area contributed by atoms with Gasteiger partial charge in [0.15, 0.2) is 23.0 Å². The van der Waals surface area contributed by atoms with Crippen molar-refractivity contribution in [1.82, 2.24) is 9.36 Å². The largest absolute Gasteiger partial charge is 0.392 e. The van der Waals surface area contributed by atoms with Crippen molar-refractivity contribution in [3.63, 3.8) is 0 Å². The minimum Gasteiger partial charge on any atom is -0.392 e. The summed E-state index contributed by atoms with van der Waals surface area (Å²) < 4.78 is 3.87. The lowest BCUT2D eigenvalue weighted by molar-refractivity contribution is -0.103. The van der Waals surface area contributed by atoms with Crippen LogP contribution in [-0.2, 0) is 9.63 Å². The van der Waals surface area contributed by atoms with Crippen molar-refractivity contribution in [3.05, 3.63) is 5.82 Å². The molecule has 2 N–H and O–H groups in total. The summed E-state index contributed by atoms with van der Waals surface area (Å²) in [5, 5.41) is 4.03. The molecule has 1 fully saturated rings. The zero-order valence-electron chi connectivity index (χ0n) is 7.92. The Morgan fingerprint density at radius 1 is 1.67 bits per heavy atom. The lowest BCUT2D eigenvalue weighted by Gasteiger charge is -2.22. The average molecular weight is 226 g/mol. The monoisotopic (exact) mass is 226 g/mol. The molecule has 7 heteroatoms. The SMILES string of the molecule is Nc1nc(/C(C=O)=N/OC2CCC2)ns1. The highest BCUT2D eigenvalue weighted by atomic mass is 32.1. The Kier molecular flexibility index (Phi) is 2.91. The lowest BCUT2D eigenvalue weighted by Crippen LogP contribution is -2.20. The number of carbonyl (C=O) groups is 1. The Hall–Kier alpha value is -1.50. The average Bonchev–Trinajstić information content (AvgIpc) is 2.56. The first-order valence-electron chi connectivity index (χ1n) is 4.58. The van der Waals surface area contributed by atoms with E-state index < -0.39 is 0 Å². The summed E-state index contributed by atoms with van der Waals surface area (Å²) >= 11 is 1.02. The summed E-state index contributed by atoms with van der Waals surface area (Å²) in [6.45, 7) is 0. The van der Waals surface area contributed by atoms with E-state index in [2.05, 4.69) is 14.5 Å². The molecule has 1 aromatic heterocycles. The van der Waals surface area contributed by atoms with Crippen LogP contribution in [0.2, 0.25) is 0 Å². The van der Waals surface area contributed by atoms with E-state index in [1.807, 2.05) is 0 Å². The van der Waals surface area contributed by atoms with Crippen molar-refractivity contribution < 1.29 is 9.63 Å². The van der Waals surface area contributed by atoms with Crippen LogP contribution in [0, 0.1) is 0 Å². The van der Waals surface area contributed by atoms with Gasteiger partial charge in [-0.3, -0.25) is 4.79 Å². The highest BCUT2D eigenvalue weighted by molar-refractivity contribution is 7.09. The third-order valence-corrected chi connectivity index (χ3v) is 2.68. The Morgan fingerprint density at radius 2 is 2.47 bits per heavy atom. The van der Waals surface area contributed by atoms with Crippen LogP contribution < -0.4 is 5.73 Å². The van der Waals surface area contributed by atoms with Crippen LogP contribution in [0.25, 0.3) is 0 Å². The molecular weight excluding hydrogens is 216 g/mol. The maximum absolute atomic E-state index is 10.7. The molecule has 80 valence electrons. The van der Waals surface area contributed by atoms with Crippen molar-refractivity contribution >= 4 is 28.7 Å². The van der Waals surface area contributed by atoms with Crippen molar-refractivity contribution in [3.8, 4) is 0 Å². The maximum atomic E-state index is 10.7. The van der Waals surface area contributed by atoms with E-state index in [1.165, 1.54) is 0 Å². The van der Waals surface area contributed by atoms with E-state index in [0.29, 0.717) is 11.4 Å². The number of aromatic nitrogens is 2. The minimum atomic E-state index is 0.0925. The number of nitrogen functional groups attached to an aromatic ring is 1. The van der Waals surface area contributed by atoms with Crippen LogP contribution in [0.15, 0.2) is 5.16 Å². The number of nitrogens with two attached hydrogens (primary N) is 1. The topological polar surface area (TPSA) is 90.5 Å². The fourth-order valence-electron chi connectivity index (χ4n) is 1.06. The standard InChI is InChI=1S/C8H10N4O2S/c9-8-10-7(12-15-8)6(4-13)11-14-5-2-1-3-5/h4-5H,1-3H2,(H2,9,10,12)/b11-6+. The second-order valence-corrected chi connectivity index (χ2v) is 3.99. The van der Waals surface area contributed by atoms with Gasteiger partial charge in [-0.2, -0.15) is 9.36 Å². The number of anilines is 1. The van der Waals surface area contributed by atoms with Gasteiger partial charge in [-0.25, -0.2) is 0 Å². The van der Waals surface area contributed by atoms with Gasteiger partial charge < -0.3 is 10.6 Å². The molecule has 0 radical (unpaired) electrons. The van der Waals surface area contributed by atoms with Crippen molar-refractivity contribution in [1.29, 1.82) is 0 Å². The lowest BCUT2D eigenvalue weighted by atomic mass is 9.97. The number of rotatable bonds is 4. The Labute approximate surface area is 90.3 Å². The third-order valence-electron chi connectivity index (χ3n) is 2.13. The smallest absolute Gasteiger partial charge is 0.200 e. The van der Waals surface area contributed by atoms with Crippen LogP contribution in [0.5, 0.6) is 0 Å². The molecule has 1 aromatic rings. The fourth-order valence-corrected chi connectivity index (χ4v) is 1.50. The number of hydrogen-bond donors (Lipinski definition) is 1. The maximum Gasteiger partial charge on any atom is 0.200 e. The first kappa shape index (κ1) is 10.0. The van der Waals surface area contributed by atoms with E-state index >= 15 is 0 Å². The van der Waals surface area contributed by atoms with Crippen LogP contribution >= 0.6 is 11.5 Å². The van der Waals surface area contributed by atoms with Crippen molar-refractivity contribution in [2.45, 2.75) is 25.4 Å². The molecule has 1 saturated carbocycles. The molecular formula is C8H10N4O2S. The van der Waals surface area contributed by atoms with Crippen LogP contribution in [0.3, 0.4) is 0 Å². The molecule has 0 spiro atoms. The van der Waals surface area contributed by atoms with Gasteiger partial charge in [0.1, 0.15) is 6.10 Å². The van der Waals surface area contributed by atoms with E-state index in [9.17, 15) is 4.79 Å². The summed E-state index contributed by atoms with van der Waals surface area (Å²) in [6.07, 6.45) is 3.83. The van der Waals surface area contributed by atoms with Gasteiger partial charge in [0.25, 0.3) is 0 Å². The molecule has 0 amide bonds. The van der Waals surface area contributed by atoms with E-state index in [-0.39, 0.29) is 17.6 Å². The predicted molar refractivity (Wildman–Crippen MR) is 55.6 cm³/mol. The summed E-state index contributed by atoms with van der Waals surface area (Å²) in [5.41, 5.74) is 5.49. The van der Waals surface area contributed by atoms with E-state index in [1.54, 1.807) is 0 Å². The zero-order valence-corrected chi connectivity index (χ0v) is 8.74. The summed E-state index contributed by atoms with van der Waals surface area (Å²) in [7, 11) is 0. The molecule has 0 bridgehead atoms. The van der Waals surface area contributed by atoms with E-state index in [4.69, 9.17) is 10.6 Å². The molecule has 0 atom stereocenters. The normalized spacial score (nSPS) is 17.2. The Morgan fingerprint density at radius 3 is 2.93 bits per heavy atom. The van der Waals surface area contributed by atoms with E-state index in [0.717, 1.165) is 30.8 Å². The minimum absolute atomic E-state index is 0.0925. The predicted octanol–water partition coefficient (Wildman–Crippen LogP) is 0.592. The van der Waals surface area contributed by atoms with Gasteiger partial charge in [0, 0.05) is 11.5 Å². The zero-order chi connectivity index (χ0) is 10.7. The van der Waals surface area contributed by atoms with Crippen molar-refractivity contribution in [2.24, 2.45) is 5.16 Å². The third kappa shape index (κ3) is 2.30. The van der Waals surface area contributed by atoms with Gasteiger partial charge >= 0.3 is 0 Å². The van der Waals surface area contributed by atoms with Crippen LogP contribution in [-0.4, -0.2) is 27.5 Å². The number of hydrogen-bond acceptors (Lipinski definition) is 7. The molecule has 2 rings (SSSR count). The second-order valence-electron chi connectivity index (χ2n) is 3.21. The molecule has 0 unspecified atom stereocenters. The molecule has 1 aliphatic carbocycles. The highest BCUT2D eigenvalue weighted by Gasteiger charge is 2.19. The molecule has 1 aliphatic rings. The molecule has 1 heterocycles. The van der Waals surface area contributed by atoms with Gasteiger partial charge in [-0.05, 0) is 19.3 Å².